The number of hydrogen-bond acceptors (Lipinski definition) is 3. The van der Waals surface area contributed by atoms with Crippen LogP contribution in [-0.2, 0) is 26.2 Å². The van der Waals surface area contributed by atoms with Crippen LogP contribution in [0.2, 0.25) is 0 Å². The van der Waals surface area contributed by atoms with Crippen molar-refractivity contribution in [2.45, 2.75) is 39.3 Å². The number of nitrogens with one attached hydrogen (secondary N) is 1. The summed E-state index contributed by atoms with van der Waals surface area (Å²) in [6.07, 6.45) is -1.61. The number of aryl methyl sites for hydroxylation is 1. The molecular weight excluding hydrogens is 290 g/mol. The molecule has 0 aliphatic rings. The molecule has 0 fully saturated rings. The molecule has 2 heterocycles. The second-order valence-corrected chi connectivity index (χ2v) is 4.50. The molecule has 0 unspecified atom stereocenters. The Labute approximate surface area is 118 Å². The van der Waals surface area contributed by atoms with Gasteiger partial charge in [-0.25, -0.2) is 4.68 Å². The van der Waals surface area contributed by atoms with Gasteiger partial charge in [-0.2, -0.15) is 27.8 Å². The van der Waals surface area contributed by atoms with Gasteiger partial charge in [-0.3, -0.25) is 4.68 Å². The van der Waals surface area contributed by atoms with E-state index < -0.39 is 18.7 Å². The Morgan fingerprint density at radius 3 is 2.67 bits per heavy atom. The minimum Gasteiger partial charge on any atom is -0.307 e. The molecule has 0 saturated carbocycles. The molecule has 0 radical (unpaired) electrons. The van der Waals surface area contributed by atoms with Gasteiger partial charge in [0, 0.05) is 31.4 Å². The van der Waals surface area contributed by atoms with Crippen LogP contribution in [0.25, 0.3) is 0 Å². The second-order valence-electron chi connectivity index (χ2n) is 4.50. The van der Waals surface area contributed by atoms with Gasteiger partial charge in [-0.15, -0.1) is 0 Å². The molecule has 5 nitrogen and oxygen atoms in total. The predicted molar refractivity (Wildman–Crippen MR) is 66.7 cm³/mol. The summed E-state index contributed by atoms with van der Waals surface area (Å²) in [6.45, 7) is 1.58. The van der Waals surface area contributed by atoms with Gasteiger partial charge >= 0.3 is 6.18 Å². The Morgan fingerprint density at radius 1 is 1.29 bits per heavy atom. The quantitative estimate of drug-likeness (QED) is 0.831. The highest BCUT2D eigenvalue weighted by Gasteiger charge is 2.28. The molecule has 2 aromatic rings. The van der Waals surface area contributed by atoms with Crippen LogP contribution in [0.15, 0.2) is 18.5 Å². The highest BCUT2D eigenvalue weighted by Crippen LogP contribution is 2.16. The molecular formula is C12H15F4N5. The highest BCUT2D eigenvalue weighted by atomic mass is 19.4. The zero-order chi connectivity index (χ0) is 15.5. The lowest BCUT2D eigenvalue weighted by molar-refractivity contribution is -0.142. The van der Waals surface area contributed by atoms with Gasteiger partial charge < -0.3 is 5.32 Å². The van der Waals surface area contributed by atoms with Gasteiger partial charge in [-0.05, 0) is 13.0 Å². The average Bonchev–Trinajstić information content (AvgIpc) is 2.96. The zero-order valence-corrected chi connectivity index (χ0v) is 11.4. The number of halogens is 4. The number of alkyl halides is 3. The van der Waals surface area contributed by atoms with Crippen LogP contribution < -0.4 is 5.32 Å². The van der Waals surface area contributed by atoms with Crippen LogP contribution in [0.3, 0.4) is 0 Å². The molecule has 0 bridgehead atoms. The first-order chi connectivity index (χ1) is 9.89. The van der Waals surface area contributed by atoms with E-state index in [0.717, 1.165) is 4.68 Å². The average molecular weight is 305 g/mol. The van der Waals surface area contributed by atoms with E-state index in [4.69, 9.17) is 0 Å². The van der Waals surface area contributed by atoms with Crippen molar-refractivity contribution in [1.82, 2.24) is 24.9 Å². The number of nitrogens with zero attached hydrogens (tertiary/aromatic N) is 4. The van der Waals surface area contributed by atoms with Gasteiger partial charge in [-0.1, -0.05) is 0 Å². The SMILES string of the molecule is CCn1ncc(CNCc2ccn(CC(F)(F)F)n2)c1F. The fourth-order valence-corrected chi connectivity index (χ4v) is 1.84. The fourth-order valence-electron chi connectivity index (χ4n) is 1.84. The van der Waals surface area contributed by atoms with Crippen molar-refractivity contribution in [3.63, 3.8) is 0 Å². The maximum atomic E-state index is 13.7. The van der Waals surface area contributed by atoms with Crippen LogP contribution in [-0.4, -0.2) is 25.7 Å². The number of hydrogen-bond donors (Lipinski definition) is 1. The van der Waals surface area contributed by atoms with E-state index in [1.807, 2.05) is 0 Å². The molecule has 0 saturated heterocycles. The van der Waals surface area contributed by atoms with Crippen LogP contribution in [0.4, 0.5) is 17.6 Å². The van der Waals surface area contributed by atoms with Crippen molar-refractivity contribution < 1.29 is 17.6 Å². The molecule has 0 amide bonds. The molecule has 1 N–H and O–H groups in total. The normalized spacial score (nSPS) is 12.0. The van der Waals surface area contributed by atoms with Crippen molar-refractivity contribution in [3.05, 3.63) is 35.7 Å². The molecule has 116 valence electrons. The summed E-state index contributed by atoms with van der Waals surface area (Å²) in [5.41, 5.74) is 0.870. The third-order valence-corrected chi connectivity index (χ3v) is 2.80. The maximum Gasteiger partial charge on any atom is 0.408 e. The summed E-state index contributed by atoms with van der Waals surface area (Å²) in [4.78, 5) is 0. The molecule has 0 aromatic carbocycles. The largest absolute Gasteiger partial charge is 0.408 e. The topological polar surface area (TPSA) is 47.7 Å². The second kappa shape index (κ2) is 6.25. The summed E-state index contributed by atoms with van der Waals surface area (Å²) < 4.78 is 52.3. The summed E-state index contributed by atoms with van der Waals surface area (Å²) >= 11 is 0. The van der Waals surface area contributed by atoms with Gasteiger partial charge in [0.05, 0.1) is 11.9 Å². The lowest BCUT2D eigenvalue weighted by Gasteiger charge is -2.05. The van der Waals surface area contributed by atoms with Crippen molar-refractivity contribution in [3.8, 4) is 0 Å². The molecule has 0 aliphatic carbocycles. The first-order valence-electron chi connectivity index (χ1n) is 6.39. The predicted octanol–water partition coefficient (Wildman–Crippen LogP) is 2.09. The summed E-state index contributed by atoms with van der Waals surface area (Å²) in [5.74, 6) is -0.410. The van der Waals surface area contributed by atoms with Crippen molar-refractivity contribution in [1.29, 1.82) is 0 Å². The molecule has 2 aromatic heterocycles. The first kappa shape index (κ1) is 15.5. The van der Waals surface area contributed by atoms with Crippen molar-refractivity contribution >= 4 is 0 Å². The van der Waals surface area contributed by atoms with E-state index in [0.29, 0.717) is 17.8 Å². The van der Waals surface area contributed by atoms with E-state index in [1.165, 1.54) is 23.1 Å². The van der Waals surface area contributed by atoms with Crippen LogP contribution in [0, 0.1) is 5.95 Å². The molecule has 9 heteroatoms. The standard InChI is InChI=1S/C12H15F4N5/c1-2-21-11(13)9(6-18-21)5-17-7-10-3-4-20(19-10)8-12(14,15)16/h3-4,6,17H,2,5,7-8H2,1H3. The van der Waals surface area contributed by atoms with Crippen LogP contribution in [0.5, 0.6) is 0 Å². The lowest BCUT2D eigenvalue weighted by atomic mass is 10.3. The van der Waals surface area contributed by atoms with E-state index in [9.17, 15) is 17.6 Å². The third kappa shape index (κ3) is 4.28. The Kier molecular flexibility index (Phi) is 4.61. The Bertz CT molecular complexity index is 587. The van der Waals surface area contributed by atoms with Crippen LogP contribution >= 0.6 is 0 Å². The zero-order valence-electron chi connectivity index (χ0n) is 11.4. The number of aromatic nitrogens is 4. The third-order valence-electron chi connectivity index (χ3n) is 2.80. The lowest BCUT2D eigenvalue weighted by Crippen LogP contribution is -2.19. The van der Waals surface area contributed by atoms with E-state index in [-0.39, 0.29) is 13.1 Å². The summed E-state index contributed by atoms with van der Waals surface area (Å²) in [6, 6.07) is 1.49. The van der Waals surface area contributed by atoms with Gasteiger partial charge in [0.15, 0.2) is 0 Å². The van der Waals surface area contributed by atoms with Crippen LogP contribution in [0.1, 0.15) is 18.2 Å². The Morgan fingerprint density at radius 2 is 2.05 bits per heavy atom. The molecule has 0 atom stereocenters. The fraction of sp³-hybridized carbons (Fsp3) is 0.500. The van der Waals surface area contributed by atoms with E-state index in [2.05, 4.69) is 15.5 Å². The molecule has 21 heavy (non-hydrogen) atoms. The molecule has 0 spiro atoms. The Balaban J connectivity index is 1.85. The summed E-state index contributed by atoms with van der Waals surface area (Å²) in [5, 5.41) is 10.6. The molecule has 0 aliphatic heterocycles. The Hall–Kier alpha value is -1.90. The minimum absolute atomic E-state index is 0.234. The maximum absolute atomic E-state index is 13.7. The summed E-state index contributed by atoms with van der Waals surface area (Å²) in [7, 11) is 0. The van der Waals surface area contributed by atoms with Gasteiger partial charge in [0.2, 0.25) is 5.95 Å². The smallest absolute Gasteiger partial charge is 0.307 e. The highest BCUT2D eigenvalue weighted by molar-refractivity contribution is 5.07. The first-order valence-corrected chi connectivity index (χ1v) is 6.39. The molecule has 2 rings (SSSR count). The van der Waals surface area contributed by atoms with E-state index >= 15 is 0 Å². The van der Waals surface area contributed by atoms with Gasteiger partial charge in [0.25, 0.3) is 0 Å². The minimum atomic E-state index is -4.30. The van der Waals surface area contributed by atoms with Gasteiger partial charge in [0.1, 0.15) is 6.54 Å². The number of rotatable bonds is 6. The van der Waals surface area contributed by atoms with Crippen molar-refractivity contribution in [2.75, 3.05) is 0 Å². The monoisotopic (exact) mass is 305 g/mol. The van der Waals surface area contributed by atoms with E-state index in [1.54, 1.807) is 6.92 Å². The van der Waals surface area contributed by atoms with Crippen molar-refractivity contribution in [2.24, 2.45) is 0 Å².